The molecule has 1 fully saturated rings. The molecule has 49 heavy (non-hydrogen) atoms. The fourth-order valence-electron chi connectivity index (χ4n) is 7.79. The third-order valence-electron chi connectivity index (χ3n) is 10.1. The Hall–Kier alpha value is -4.22. The molecular weight excluding hydrogens is 630 g/mol. The summed E-state index contributed by atoms with van der Waals surface area (Å²) >= 11 is 0. The summed E-state index contributed by atoms with van der Waals surface area (Å²) in [5.41, 5.74) is -0.682. The van der Waals surface area contributed by atoms with Crippen LogP contribution in [0.1, 0.15) is 99.4 Å². The summed E-state index contributed by atoms with van der Waals surface area (Å²) in [6.45, 7) is 8.27. The number of nitrogens with zero attached hydrogens (tertiary/aromatic N) is 1. The Morgan fingerprint density at radius 1 is 1.06 bits per heavy atom. The SMILES string of the molecule is CCCCOC(=O)CCC(=O)O[C@H](C(=O)OC1=CC[C@@]2(O)[C@H]3Cc4ccc(C(=O)OC(C)(C)C)c5c4[C@@]2(CCN3C)[C@H]1O5)c1ccccc1. The molecule has 6 rings (SSSR count). The highest BCUT2D eigenvalue weighted by Gasteiger charge is 2.72. The molecule has 2 aliphatic heterocycles. The lowest BCUT2D eigenvalue weighted by molar-refractivity contribution is -0.176. The molecular formula is C38H45NO10. The maximum Gasteiger partial charge on any atom is 0.357 e. The highest BCUT2D eigenvalue weighted by Crippen LogP contribution is 2.64. The number of benzene rings is 2. The van der Waals surface area contributed by atoms with Crippen LogP contribution in [0, 0.1) is 0 Å². The van der Waals surface area contributed by atoms with Gasteiger partial charge in [0.25, 0.3) is 0 Å². The van der Waals surface area contributed by atoms with Gasteiger partial charge in [0.15, 0.2) is 6.10 Å². The van der Waals surface area contributed by atoms with Crippen molar-refractivity contribution in [3.8, 4) is 5.75 Å². The van der Waals surface area contributed by atoms with Crippen LogP contribution < -0.4 is 4.74 Å². The Balaban J connectivity index is 1.30. The van der Waals surface area contributed by atoms with Crippen LogP contribution in [-0.2, 0) is 45.2 Å². The van der Waals surface area contributed by atoms with Crippen molar-refractivity contribution in [3.63, 3.8) is 0 Å². The van der Waals surface area contributed by atoms with Gasteiger partial charge in [-0.1, -0.05) is 49.7 Å². The van der Waals surface area contributed by atoms with E-state index in [1.54, 1.807) is 63.2 Å². The number of piperidine rings is 1. The van der Waals surface area contributed by atoms with Crippen LogP contribution in [0.2, 0.25) is 0 Å². The molecule has 0 radical (unpaired) electrons. The summed E-state index contributed by atoms with van der Waals surface area (Å²) < 4.78 is 29.2. The second kappa shape index (κ2) is 13.2. The average Bonchev–Trinajstić information content (AvgIpc) is 3.41. The van der Waals surface area contributed by atoms with Crippen molar-refractivity contribution in [1.82, 2.24) is 4.90 Å². The highest BCUT2D eigenvalue weighted by atomic mass is 16.6. The molecule has 2 heterocycles. The van der Waals surface area contributed by atoms with E-state index in [0.29, 0.717) is 30.7 Å². The Morgan fingerprint density at radius 2 is 1.80 bits per heavy atom. The lowest BCUT2D eigenvalue weighted by Crippen LogP contribution is -2.74. The minimum absolute atomic E-state index is 0.175. The zero-order chi connectivity index (χ0) is 35.1. The predicted molar refractivity (Wildman–Crippen MR) is 177 cm³/mol. The van der Waals surface area contributed by atoms with E-state index in [4.69, 9.17) is 23.7 Å². The molecule has 11 nitrogen and oxygen atoms in total. The Labute approximate surface area is 286 Å². The molecule has 0 unspecified atom stereocenters. The topological polar surface area (TPSA) is 138 Å². The standard InChI is InChI=1S/C38H45NO10/c1-6-7-21-45-28(40)15-16-29(41)47-31(23-11-9-8-10-12-23)35(43)46-26-17-18-38(44)27-22-24-13-14-25(34(42)49-36(2,3)4)32-30(24)37(38,33(26)48-32)19-20-39(27)5/h8-14,17,27,31,33,44H,6-7,15-16,18-22H2,1-5H3/t27-,31+,33+,37+,38-/m1/s1. The zero-order valence-corrected chi connectivity index (χ0v) is 28.8. The van der Waals surface area contributed by atoms with Gasteiger partial charge < -0.3 is 33.7 Å². The van der Waals surface area contributed by atoms with E-state index in [9.17, 15) is 24.3 Å². The van der Waals surface area contributed by atoms with E-state index in [1.165, 1.54) is 0 Å². The first kappa shape index (κ1) is 34.6. The van der Waals surface area contributed by atoms with Crippen LogP contribution in [0.3, 0.4) is 0 Å². The van der Waals surface area contributed by atoms with Crippen molar-refractivity contribution in [2.45, 2.75) is 108 Å². The Morgan fingerprint density at radius 3 is 2.51 bits per heavy atom. The average molecular weight is 676 g/mol. The Bertz CT molecular complexity index is 1660. The maximum atomic E-state index is 14.0. The number of likely N-dealkylation sites (tertiary alicyclic amines) is 1. The molecule has 4 aliphatic rings. The van der Waals surface area contributed by atoms with Gasteiger partial charge in [-0.25, -0.2) is 9.59 Å². The van der Waals surface area contributed by atoms with Crippen molar-refractivity contribution in [2.75, 3.05) is 20.2 Å². The summed E-state index contributed by atoms with van der Waals surface area (Å²) in [7, 11) is 1.99. The molecule has 2 aromatic rings. The number of aliphatic hydroxyl groups is 1. The summed E-state index contributed by atoms with van der Waals surface area (Å²) in [6.07, 6.45) is 1.67. The molecule has 1 N–H and O–H groups in total. The second-order valence-corrected chi connectivity index (χ2v) is 14.4. The molecule has 262 valence electrons. The zero-order valence-electron chi connectivity index (χ0n) is 28.8. The quantitative estimate of drug-likeness (QED) is 0.198. The smallest absolute Gasteiger partial charge is 0.357 e. The van der Waals surface area contributed by atoms with Gasteiger partial charge in [-0.05, 0) is 71.3 Å². The molecule has 2 bridgehead atoms. The minimum Gasteiger partial charge on any atom is -0.480 e. The van der Waals surface area contributed by atoms with Crippen molar-refractivity contribution >= 4 is 23.9 Å². The molecule has 2 aromatic carbocycles. The molecule has 0 aromatic heterocycles. The number of carbonyl (C=O) groups excluding carboxylic acids is 4. The maximum absolute atomic E-state index is 14.0. The minimum atomic E-state index is -1.43. The van der Waals surface area contributed by atoms with Crippen molar-refractivity contribution in [2.24, 2.45) is 0 Å². The van der Waals surface area contributed by atoms with Crippen molar-refractivity contribution < 1.29 is 48.0 Å². The number of hydrogen-bond acceptors (Lipinski definition) is 11. The number of rotatable bonds is 11. The highest BCUT2D eigenvalue weighted by molar-refractivity contribution is 5.94. The number of ether oxygens (including phenoxy) is 5. The summed E-state index contributed by atoms with van der Waals surface area (Å²) in [6, 6.07) is 11.9. The van der Waals surface area contributed by atoms with Crippen LogP contribution >= 0.6 is 0 Å². The summed E-state index contributed by atoms with van der Waals surface area (Å²) in [5, 5.41) is 12.6. The van der Waals surface area contributed by atoms with E-state index in [1.807, 2.05) is 20.0 Å². The molecule has 5 atom stereocenters. The number of hydrogen-bond donors (Lipinski definition) is 1. The number of carbonyl (C=O) groups is 4. The first-order valence-electron chi connectivity index (χ1n) is 17.1. The summed E-state index contributed by atoms with van der Waals surface area (Å²) in [5.74, 6) is -2.18. The van der Waals surface area contributed by atoms with Gasteiger partial charge in [0.2, 0.25) is 6.10 Å². The predicted octanol–water partition coefficient (Wildman–Crippen LogP) is 4.87. The van der Waals surface area contributed by atoms with Crippen LogP contribution in [-0.4, -0.2) is 77.4 Å². The van der Waals surface area contributed by atoms with Crippen LogP contribution in [0.5, 0.6) is 5.75 Å². The van der Waals surface area contributed by atoms with Crippen molar-refractivity contribution in [3.05, 3.63) is 76.6 Å². The second-order valence-electron chi connectivity index (χ2n) is 14.4. The van der Waals surface area contributed by atoms with Gasteiger partial charge in [-0.3, -0.25) is 9.59 Å². The number of esters is 4. The van der Waals surface area contributed by atoms with Crippen LogP contribution in [0.15, 0.2) is 54.3 Å². The number of unbranched alkanes of at least 4 members (excludes halogenated alkanes) is 1. The summed E-state index contributed by atoms with van der Waals surface area (Å²) in [4.78, 5) is 54.6. The normalized spacial score (nSPS) is 25.6. The first-order chi connectivity index (χ1) is 23.3. The van der Waals surface area contributed by atoms with Gasteiger partial charge in [0.05, 0.1) is 30.5 Å². The van der Waals surface area contributed by atoms with Crippen LogP contribution in [0.4, 0.5) is 0 Å². The van der Waals surface area contributed by atoms with E-state index in [2.05, 4.69) is 4.90 Å². The van der Waals surface area contributed by atoms with Gasteiger partial charge >= 0.3 is 23.9 Å². The van der Waals surface area contributed by atoms with E-state index >= 15 is 0 Å². The fraction of sp³-hybridized carbons (Fsp3) is 0.526. The number of likely N-dealkylation sites (N-methyl/N-ethyl adjacent to an activating group) is 1. The first-order valence-corrected chi connectivity index (χ1v) is 17.1. The Kier molecular flexibility index (Phi) is 9.36. The van der Waals surface area contributed by atoms with Gasteiger partial charge in [0.1, 0.15) is 22.7 Å². The molecule has 0 amide bonds. The largest absolute Gasteiger partial charge is 0.480 e. The van der Waals surface area contributed by atoms with Gasteiger partial charge in [0, 0.05) is 23.6 Å². The lowest BCUT2D eigenvalue weighted by atomic mass is 9.50. The van der Waals surface area contributed by atoms with E-state index in [-0.39, 0.29) is 43.2 Å². The molecule has 1 spiro atoms. The van der Waals surface area contributed by atoms with E-state index in [0.717, 1.165) is 24.0 Å². The monoisotopic (exact) mass is 675 g/mol. The van der Waals surface area contributed by atoms with Gasteiger partial charge in [-0.2, -0.15) is 0 Å². The van der Waals surface area contributed by atoms with Crippen LogP contribution in [0.25, 0.3) is 0 Å². The molecule has 0 saturated carbocycles. The fourth-order valence-corrected chi connectivity index (χ4v) is 7.79. The molecule has 1 saturated heterocycles. The van der Waals surface area contributed by atoms with E-state index < -0.39 is 52.7 Å². The molecule has 2 aliphatic carbocycles. The van der Waals surface area contributed by atoms with Crippen molar-refractivity contribution in [1.29, 1.82) is 0 Å². The third kappa shape index (κ3) is 6.23. The lowest BCUT2D eigenvalue weighted by Gasteiger charge is -2.61. The van der Waals surface area contributed by atoms with Gasteiger partial charge in [-0.15, -0.1) is 0 Å². The third-order valence-corrected chi connectivity index (χ3v) is 10.1. The molecule has 11 heteroatoms.